The number of methoxy groups -OCH3 is 1. The fourth-order valence-corrected chi connectivity index (χ4v) is 1.73. The van der Waals surface area contributed by atoms with E-state index in [4.69, 9.17) is 21.1 Å². The van der Waals surface area contributed by atoms with Gasteiger partial charge in [-0.25, -0.2) is 4.98 Å². The van der Waals surface area contributed by atoms with Crippen LogP contribution < -0.4 is 9.47 Å². The highest BCUT2D eigenvalue weighted by molar-refractivity contribution is 6.17. The Balaban J connectivity index is 2.27. The van der Waals surface area contributed by atoms with Crippen molar-refractivity contribution in [2.75, 3.05) is 7.11 Å². The van der Waals surface area contributed by atoms with Gasteiger partial charge in [-0.05, 0) is 36.2 Å². The summed E-state index contributed by atoms with van der Waals surface area (Å²) in [7, 11) is 1.62. The molecule has 0 amide bonds. The van der Waals surface area contributed by atoms with Crippen LogP contribution in [0.1, 0.15) is 11.1 Å². The Morgan fingerprint density at radius 3 is 2.72 bits per heavy atom. The smallest absolute Gasteiger partial charge is 0.219 e. The molecule has 94 valence electrons. The fourth-order valence-electron chi connectivity index (χ4n) is 1.56. The number of benzene rings is 1. The van der Waals surface area contributed by atoms with Crippen molar-refractivity contribution in [1.29, 1.82) is 0 Å². The van der Waals surface area contributed by atoms with Crippen molar-refractivity contribution in [2.45, 2.75) is 12.8 Å². The normalized spacial score (nSPS) is 10.2. The molecule has 4 heteroatoms. The molecule has 2 rings (SSSR count). The number of hydrogen-bond acceptors (Lipinski definition) is 3. The van der Waals surface area contributed by atoms with E-state index in [1.807, 2.05) is 37.3 Å². The molecule has 2 aromatic rings. The van der Waals surface area contributed by atoms with Crippen molar-refractivity contribution < 1.29 is 9.47 Å². The average Bonchev–Trinajstić information content (AvgIpc) is 2.41. The van der Waals surface area contributed by atoms with Gasteiger partial charge < -0.3 is 9.47 Å². The summed E-state index contributed by atoms with van der Waals surface area (Å²) in [4.78, 5) is 4.14. The molecule has 1 heterocycles. The molecule has 0 spiro atoms. The highest BCUT2D eigenvalue weighted by Gasteiger charge is 2.06. The topological polar surface area (TPSA) is 31.4 Å². The van der Waals surface area contributed by atoms with E-state index in [2.05, 4.69) is 4.98 Å². The van der Waals surface area contributed by atoms with E-state index < -0.39 is 0 Å². The number of rotatable bonds is 4. The predicted octanol–water partition coefficient (Wildman–Crippen LogP) is 3.93. The van der Waals surface area contributed by atoms with E-state index >= 15 is 0 Å². The van der Waals surface area contributed by atoms with Crippen LogP contribution in [-0.4, -0.2) is 12.1 Å². The second-order valence-corrected chi connectivity index (χ2v) is 4.16. The second-order valence-electron chi connectivity index (χ2n) is 3.89. The third-order valence-corrected chi connectivity index (χ3v) is 2.80. The fraction of sp³-hybridized carbons (Fsp3) is 0.214. The van der Waals surface area contributed by atoms with Crippen LogP contribution in [0.5, 0.6) is 17.4 Å². The maximum absolute atomic E-state index is 5.77. The molecule has 0 saturated heterocycles. The van der Waals surface area contributed by atoms with E-state index in [1.54, 1.807) is 13.3 Å². The van der Waals surface area contributed by atoms with Crippen molar-refractivity contribution >= 4 is 11.6 Å². The third kappa shape index (κ3) is 2.93. The Labute approximate surface area is 111 Å². The van der Waals surface area contributed by atoms with Gasteiger partial charge in [0.25, 0.3) is 0 Å². The SMILES string of the molecule is COc1cc(C)ccc1Oc1cc(CCl)ccn1. The minimum absolute atomic E-state index is 0.434. The first kappa shape index (κ1) is 12.7. The summed E-state index contributed by atoms with van der Waals surface area (Å²) in [5, 5.41) is 0. The van der Waals surface area contributed by atoms with Crippen LogP contribution in [0.15, 0.2) is 36.5 Å². The summed E-state index contributed by atoms with van der Waals surface area (Å²) in [5.41, 5.74) is 2.08. The predicted molar refractivity (Wildman–Crippen MR) is 71.6 cm³/mol. The first-order valence-corrected chi connectivity index (χ1v) is 6.10. The number of pyridine rings is 1. The van der Waals surface area contributed by atoms with Gasteiger partial charge in [-0.1, -0.05) is 6.07 Å². The highest BCUT2D eigenvalue weighted by atomic mass is 35.5. The quantitative estimate of drug-likeness (QED) is 0.783. The summed E-state index contributed by atoms with van der Waals surface area (Å²) in [5.74, 6) is 2.27. The minimum Gasteiger partial charge on any atom is -0.493 e. The van der Waals surface area contributed by atoms with Gasteiger partial charge in [0, 0.05) is 18.1 Å². The van der Waals surface area contributed by atoms with Crippen molar-refractivity contribution in [3.05, 3.63) is 47.7 Å². The standard InChI is InChI=1S/C14H14ClNO2/c1-10-3-4-12(13(7-10)17-2)18-14-8-11(9-15)5-6-16-14/h3-8H,9H2,1-2H3. The molecule has 0 unspecified atom stereocenters. The Kier molecular flexibility index (Phi) is 4.05. The van der Waals surface area contributed by atoms with E-state index in [0.29, 0.717) is 23.3 Å². The summed E-state index contributed by atoms with van der Waals surface area (Å²) < 4.78 is 11.0. The molecule has 0 bridgehead atoms. The van der Waals surface area contributed by atoms with Gasteiger partial charge in [0.2, 0.25) is 5.88 Å². The lowest BCUT2D eigenvalue weighted by atomic mass is 10.2. The van der Waals surface area contributed by atoms with Crippen LogP contribution >= 0.6 is 11.6 Å². The largest absolute Gasteiger partial charge is 0.493 e. The Morgan fingerprint density at radius 1 is 1.17 bits per heavy atom. The molecule has 3 nitrogen and oxygen atoms in total. The van der Waals surface area contributed by atoms with Gasteiger partial charge in [0.05, 0.1) is 7.11 Å². The lowest BCUT2D eigenvalue weighted by Crippen LogP contribution is -1.93. The van der Waals surface area contributed by atoms with Gasteiger partial charge in [-0.15, -0.1) is 11.6 Å². The third-order valence-electron chi connectivity index (χ3n) is 2.49. The zero-order chi connectivity index (χ0) is 13.0. The van der Waals surface area contributed by atoms with Gasteiger partial charge in [0.1, 0.15) is 0 Å². The lowest BCUT2D eigenvalue weighted by Gasteiger charge is -2.10. The van der Waals surface area contributed by atoms with Crippen LogP contribution in [0.25, 0.3) is 0 Å². The van der Waals surface area contributed by atoms with Crippen molar-refractivity contribution in [1.82, 2.24) is 4.98 Å². The Hall–Kier alpha value is -1.74. The second kappa shape index (κ2) is 5.74. The number of alkyl halides is 1. The van der Waals surface area contributed by atoms with E-state index in [9.17, 15) is 0 Å². The molecule has 0 atom stereocenters. The molecule has 0 radical (unpaired) electrons. The first-order valence-electron chi connectivity index (χ1n) is 5.56. The minimum atomic E-state index is 0.434. The average molecular weight is 264 g/mol. The highest BCUT2D eigenvalue weighted by Crippen LogP contribution is 2.31. The number of aromatic nitrogens is 1. The Morgan fingerprint density at radius 2 is 2.00 bits per heavy atom. The molecule has 0 fully saturated rings. The van der Waals surface area contributed by atoms with Crippen LogP contribution in [0.4, 0.5) is 0 Å². The van der Waals surface area contributed by atoms with Crippen LogP contribution in [-0.2, 0) is 5.88 Å². The number of nitrogens with zero attached hydrogens (tertiary/aromatic N) is 1. The number of hydrogen-bond donors (Lipinski definition) is 0. The van der Waals surface area contributed by atoms with Gasteiger partial charge >= 0.3 is 0 Å². The van der Waals surface area contributed by atoms with Crippen molar-refractivity contribution in [2.24, 2.45) is 0 Å². The molecule has 0 aliphatic carbocycles. The molecule has 1 aromatic heterocycles. The zero-order valence-electron chi connectivity index (χ0n) is 10.3. The molecular weight excluding hydrogens is 250 g/mol. The Bertz CT molecular complexity index is 543. The molecule has 0 saturated carbocycles. The van der Waals surface area contributed by atoms with E-state index in [0.717, 1.165) is 11.1 Å². The summed E-state index contributed by atoms with van der Waals surface area (Å²) in [6.07, 6.45) is 1.67. The van der Waals surface area contributed by atoms with Gasteiger partial charge in [-0.3, -0.25) is 0 Å². The summed E-state index contributed by atoms with van der Waals surface area (Å²) in [6.45, 7) is 2.00. The molecule has 0 aliphatic heterocycles. The van der Waals surface area contributed by atoms with Crippen LogP contribution in [0, 0.1) is 6.92 Å². The first-order chi connectivity index (χ1) is 8.72. The number of halogens is 1. The lowest BCUT2D eigenvalue weighted by molar-refractivity contribution is 0.374. The van der Waals surface area contributed by atoms with Gasteiger partial charge in [-0.2, -0.15) is 0 Å². The number of aryl methyl sites for hydroxylation is 1. The molecule has 0 N–H and O–H groups in total. The van der Waals surface area contributed by atoms with Crippen LogP contribution in [0.3, 0.4) is 0 Å². The van der Waals surface area contributed by atoms with Crippen LogP contribution in [0.2, 0.25) is 0 Å². The summed E-state index contributed by atoms with van der Waals surface area (Å²) in [6, 6.07) is 9.41. The van der Waals surface area contributed by atoms with Crippen molar-refractivity contribution in [3.63, 3.8) is 0 Å². The molecule has 0 aliphatic rings. The monoisotopic (exact) mass is 263 g/mol. The van der Waals surface area contributed by atoms with Crippen molar-refractivity contribution in [3.8, 4) is 17.4 Å². The van der Waals surface area contributed by atoms with E-state index in [1.165, 1.54) is 0 Å². The maximum Gasteiger partial charge on any atom is 0.219 e. The molecule has 1 aromatic carbocycles. The zero-order valence-corrected chi connectivity index (χ0v) is 11.1. The summed E-state index contributed by atoms with van der Waals surface area (Å²) >= 11 is 5.77. The van der Waals surface area contributed by atoms with Gasteiger partial charge in [0.15, 0.2) is 11.5 Å². The molecule has 18 heavy (non-hydrogen) atoms. The van der Waals surface area contributed by atoms with E-state index in [-0.39, 0.29) is 0 Å². The maximum atomic E-state index is 5.77. The molecular formula is C14H14ClNO2. The number of ether oxygens (including phenoxy) is 2.